The zero-order valence-electron chi connectivity index (χ0n) is 15.9. The monoisotopic (exact) mass is 342 g/mol. The Hall–Kier alpha value is -2.30. The normalized spacial score (nSPS) is 11.6. The lowest BCUT2D eigenvalue weighted by atomic mass is 10.1. The van der Waals surface area contributed by atoms with E-state index in [2.05, 4.69) is 55.2 Å². The van der Waals surface area contributed by atoms with E-state index in [0.717, 1.165) is 36.7 Å². The van der Waals surface area contributed by atoms with Gasteiger partial charge in [0.2, 0.25) is 5.89 Å². The molecule has 0 radical (unpaired) electrons. The van der Waals surface area contributed by atoms with Crippen molar-refractivity contribution in [2.45, 2.75) is 40.0 Å². The number of aryl methyl sites for hydroxylation is 1. The van der Waals surface area contributed by atoms with Crippen LogP contribution in [0.25, 0.3) is 11.5 Å². The molecule has 2 rings (SSSR count). The molecule has 0 atom stereocenters. The van der Waals surface area contributed by atoms with Gasteiger partial charge in [0.1, 0.15) is 6.26 Å². The predicted molar refractivity (Wildman–Crippen MR) is 104 cm³/mol. The van der Waals surface area contributed by atoms with Gasteiger partial charge in [-0.1, -0.05) is 31.0 Å². The molecule has 5 nitrogen and oxygen atoms in total. The number of hydrogen-bond acceptors (Lipinski definition) is 3. The van der Waals surface area contributed by atoms with Crippen LogP contribution in [0.4, 0.5) is 0 Å². The molecule has 1 aromatic heterocycles. The van der Waals surface area contributed by atoms with E-state index in [1.54, 1.807) is 6.26 Å². The van der Waals surface area contributed by atoms with Crippen LogP contribution in [-0.2, 0) is 6.42 Å². The first kappa shape index (κ1) is 19.0. The van der Waals surface area contributed by atoms with Gasteiger partial charge in [0.05, 0.1) is 5.69 Å². The highest BCUT2D eigenvalue weighted by molar-refractivity contribution is 5.79. The predicted octanol–water partition coefficient (Wildman–Crippen LogP) is 3.89. The van der Waals surface area contributed by atoms with Gasteiger partial charge in [-0.05, 0) is 32.4 Å². The van der Waals surface area contributed by atoms with Crippen LogP contribution < -0.4 is 5.32 Å². The van der Waals surface area contributed by atoms with Crippen molar-refractivity contribution in [3.63, 3.8) is 0 Å². The second kappa shape index (κ2) is 9.87. The van der Waals surface area contributed by atoms with Crippen molar-refractivity contribution < 1.29 is 4.42 Å². The lowest BCUT2D eigenvalue weighted by Crippen LogP contribution is -2.39. The van der Waals surface area contributed by atoms with Gasteiger partial charge >= 0.3 is 0 Å². The minimum Gasteiger partial charge on any atom is -0.444 e. The molecule has 0 unspecified atom stereocenters. The molecule has 0 spiro atoms. The number of hydrogen-bond donors (Lipinski definition) is 1. The number of benzene rings is 1. The highest BCUT2D eigenvalue weighted by Gasteiger charge is 2.08. The van der Waals surface area contributed by atoms with E-state index in [4.69, 9.17) is 9.41 Å². The van der Waals surface area contributed by atoms with Crippen molar-refractivity contribution in [1.29, 1.82) is 0 Å². The van der Waals surface area contributed by atoms with E-state index in [-0.39, 0.29) is 0 Å². The average molecular weight is 342 g/mol. The van der Waals surface area contributed by atoms with Gasteiger partial charge in [-0.2, -0.15) is 0 Å². The van der Waals surface area contributed by atoms with Crippen molar-refractivity contribution in [3.8, 4) is 11.5 Å². The summed E-state index contributed by atoms with van der Waals surface area (Å²) in [4.78, 5) is 11.5. The highest BCUT2D eigenvalue weighted by Crippen LogP contribution is 2.19. The molecule has 0 amide bonds. The minimum absolute atomic E-state index is 0.672. The maximum Gasteiger partial charge on any atom is 0.226 e. The van der Waals surface area contributed by atoms with Crippen molar-refractivity contribution in [2.75, 3.05) is 26.7 Å². The number of guanidine groups is 1. The van der Waals surface area contributed by atoms with Crippen LogP contribution in [0.3, 0.4) is 0 Å². The maximum absolute atomic E-state index is 5.61. The topological polar surface area (TPSA) is 53.7 Å². The quantitative estimate of drug-likeness (QED) is 0.584. The summed E-state index contributed by atoms with van der Waals surface area (Å²) < 4.78 is 5.61. The number of unbranched alkanes of at least 4 members (excludes halogenated alkanes) is 1. The Labute approximate surface area is 151 Å². The Bertz CT molecular complexity index is 661. The van der Waals surface area contributed by atoms with Gasteiger partial charge in [0.25, 0.3) is 0 Å². The molecule has 25 heavy (non-hydrogen) atoms. The largest absolute Gasteiger partial charge is 0.444 e. The van der Waals surface area contributed by atoms with Gasteiger partial charge in [-0.15, -0.1) is 0 Å². The summed E-state index contributed by atoms with van der Waals surface area (Å²) >= 11 is 0. The highest BCUT2D eigenvalue weighted by atomic mass is 16.3. The summed E-state index contributed by atoms with van der Waals surface area (Å²) in [5.74, 6) is 1.63. The van der Waals surface area contributed by atoms with E-state index in [1.165, 1.54) is 18.4 Å². The van der Waals surface area contributed by atoms with Crippen molar-refractivity contribution in [2.24, 2.45) is 4.99 Å². The lowest BCUT2D eigenvalue weighted by Gasteiger charge is -2.21. The SMILES string of the molecule is CCCCN(C)C(=NCCc1coc(-c2ccc(C)cc2)n1)NCC. The Kier molecular flexibility index (Phi) is 7.51. The van der Waals surface area contributed by atoms with E-state index in [1.807, 2.05) is 12.1 Å². The van der Waals surface area contributed by atoms with E-state index in [9.17, 15) is 0 Å². The van der Waals surface area contributed by atoms with Crippen LogP contribution >= 0.6 is 0 Å². The van der Waals surface area contributed by atoms with Crippen LogP contribution in [0.1, 0.15) is 37.9 Å². The molecule has 0 fully saturated rings. The minimum atomic E-state index is 0.672. The van der Waals surface area contributed by atoms with E-state index in [0.29, 0.717) is 12.4 Å². The summed E-state index contributed by atoms with van der Waals surface area (Å²) in [6.45, 7) is 8.95. The fraction of sp³-hybridized carbons (Fsp3) is 0.500. The number of rotatable bonds is 8. The molecule has 0 saturated heterocycles. The summed E-state index contributed by atoms with van der Waals surface area (Å²) in [5, 5.41) is 3.35. The third-order valence-corrected chi connectivity index (χ3v) is 4.02. The van der Waals surface area contributed by atoms with Gasteiger partial charge in [0, 0.05) is 38.7 Å². The average Bonchev–Trinajstić information content (AvgIpc) is 3.08. The van der Waals surface area contributed by atoms with Gasteiger partial charge in [-0.25, -0.2) is 4.98 Å². The molecular weight excluding hydrogens is 312 g/mol. The zero-order valence-corrected chi connectivity index (χ0v) is 15.9. The Morgan fingerprint density at radius 1 is 1.24 bits per heavy atom. The number of aliphatic imine (C=N–C) groups is 1. The first-order chi connectivity index (χ1) is 12.1. The molecule has 0 aliphatic heterocycles. The van der Waals surface area contributed by atoms with Crippen molar-refractivity contribution >= 4 is 5.96 Å². The van der Waals surface area contributed by atoms with Crippen LogP contribution in [-0.4, -0.2) is 42.5 Å². The molecule has 1 heterocycles. The van der Waals surface area contributed by atoms with Crippen LogP contribution in [0.5, 0.6) is 0 Å². The maximum atomic E-state index is 5.61. The lowest BCUT2D eigenvalue weighted by molar-refractivity contribution is 0.465. The molecule has 5 heteroatoms. The van der Waals surface area contributed by atoms with E-state index < -0.39 is 0 Å². The molecular formula is C20H30N4O. The third kappa shape index (κ3) is 5.93. The molecule has 0 aliphatic rings. The van der Waals surface area contributed by atoms with E-state index >= 15 is 0 Å². The van der Waals surface area contributed by atoms with Gasteiger partial charge in [-0.3, -0.25) is 4.99 Å². The van der Waals surface area contributed by atoms with Crippen LogP contribution in [0.2, 0.25) is 0 Å². The number of nitrogens with zero attached hydrogens (tertiary/aromatic N) is 3. The Morgan fingerprint density at radius 3 is 2.68 bits per heavy atom. The molecule has 2 aromatic rings. The second-order valence-corrected chi connectivity index (χ2v) is 6.27. The van der Waals surface area contributed by atoms with Crippen molar-refractivity contribution in [1.82, 2.24) is 15.2 Å². The first-order valence-electron chi connectivity index (χ1n) is 9.15. The second-order valence-electron chi connectivity index (χ2n) is 6.27. The standard InChI is InChI=1S/C20H30N4O/c1-5-7-14-24(4)20(21-6-2)22-13-12-18-15-25-19(23-18)17-10-8-16(3)9-11-17/h8-11,15H,5-7,12-14H2,1-4H3,(H,21,22). The molecule has 0 aliphatic carbocycles. The molecule has 136 valence electrons. The summed E-state index contributed by atoms with van der Waals surface area (Å²) in [7, 11) is 2.09. The zero-order chi connectivity index (χ0) is 18.1. The molecule has 1 aromatic carbocycles. The van der Waals surface area contributed by atoms with Gasteiger partial charge in [0.15, 0.2) is 5.96 Å². The van der Waals surface area contributed by atoms with Crippen LogP contribution in [0.15, 0.2) is 39.9 Å². The summed E-state index contributed by atoms with van der Waals surface area (Å²) in [5.41, 5.74) is 3.17. The Balaban J connectivity index is 1.94. The first-order valence-corrected chi connectivity index (χ1v) is 9.15. The fourth-order valence-corrected chi connectivity index (χ4v) is 2.50. The molecule has 1 N–H and O–H groups in total. The van der Waals surface area contributed by atoms with Gasteiger partial charge < -0.3 is 14.6 Å². The third-order valence-electron chi connectivity index (χ3n) is 4.02. The smallest absolute Gasteiger partial charge is 0.226 e. The molecule has 0 saturated carbocycles. The number of aromatic nitrogens is 1. The number of nitrogens with one attached hydrogen (secondary N) is 1. The summed E-state index contributed by atoms with van der Waals surface area (Å²) in [6.07, 6.45) is 4.86. The van der Waals surface area contributed by atoms with Crippen LogP contribution in [0, 0.1) is 6.92 Å². The molecule has 0 bridgehead atoms. The summed E-state index contributed by atoms with van der Waals surface area (Å²) in [6, 6.07) is 8.21. The van der Waals surface area contributed by atoms with Crippen molar-refractivity contribution in [3.05, 3.63) is 41.8 Å². The Morgan fingerprint density at radius 2 is 2.00 bits per heavy atom. The number of oxazole rings is 1. The fourth-order valence-electron chi connectivity index (χ4n) is 2.50.